The molecule has 1 amide bonds. The Balaban J connectivity index is 1.71. The van der Waals surface area contributed by atoms with Crippen LogP contribution in [0, 0.1) is 5.82 Å². The molecule has 1 atom stereocenters. The average molecular weight is 342 g/mol. The van der Waals surface area contributed by atoms with Crippen LogP contribution in [0.2, 0.25) is 0 Å². The van der Waals surface area contributed by atoms with Gasteiger partial charge < -0.3 is 14.5 Å². The van der Waals surface area contributed by atoms with E-state index < -0.39 is 23.8 Å². The van der Waals surface area contributed by atoms with Crippen molar-refractivity contribution in [2.24, 2.45) is 0 Å². The summed E-state index contributed by atoms with van der Waals surface area (Å²) in [5.41, 5.74) is 1.32. The highest BCUT2D eigenvalue weighted by Gasteiger charge is 2.23. The number of hydrogen-bond acceptors (Lipinski definition) is 5. The zero-order valence-electron chi connectivity index (χ0n) is 13.4. The number of para-hydroxylation sites is 1. The van der Waals surface area contributed by atoms with Crippen molar-refractivity contribution in [3.05, 3.63) is 60.2 Å². The third-order valence-electron chi connectivity index (χ3n) is 3.61. The molecule has 0 saturated heterocycles. The lowest BCUT2D eigenvalue weighted by Crippen LogP contribution is -2.32. The van der Waals surface area contributed by atoms with Gasteiger partial charge >= 0.3 is 5.97 Å². The fraction of sp³-hybridized carbons (Fsp3) is 0.167. The highest BCUT2D eigenvalue weighted by atomic mass is 19.1. The van der Waals surface area contributed by atoms with Crippen molar-refractivity contribution >= 4 is 28.7 Å². The number of nitrogens with zero attached hydrogens (tertiary/aromatic N) is 1. The van der Waals surface area contributed by atoms with Gasteiger partial charge in [-0.05, 0) is 36.8 Å². The van der Waals surface area contributed by atoms with Gasteiger partial charge in [0.05, 0.1) is 11.3 Å². The lowest BCUT2D eigenvalue weighted by Gasteiger charge is -2.16. The van der Waals surface area contributed by atoms with Gasteiger partial charge in [-0.15, -0.1) is 0 Å². The molecule has 0 aliphatic heterocycles. The van der Waals surface area contributed by atoms with Crippen LogP contribution in [0.15, 0.2) is 53.3 Å². The number of fused-ring (bicyclic) bond motifs is 1. The van der Waals surface area contributed by atoms with Crippen molar-refractivity contribution in [3.63, 3.8) is 0 Å². The molecule has 1 heterocycles. The third kappa shape index (κ3) is 3.65. The average Bonchev–Trinajstić information content (AvgIpc) is 3.09. The molecule has 1 unspecified atom stereocenters. The van der Waals surface area contributed by atoms with E-state index in [1.807, 2.05) is 0 Å². The number of carbonyl (C=O) groups excluding carboxylic acids is 2. The molecule has 3 rings (SSSR count). The standard InChI is InChI=1S/C18H15FN2O4/c1-2-15(17(22)21-13-6-4-3-5-12(13)19)25-18(23)11-7-8-14-16(9-11)24-10-20-14/h3-10,15H,2H2,1H3,(H,21,22). The molecule has 0 saturated carbocycles. The molecule has 0 spiro atoms. The van der Waals surface area contributed by atoms with E-state index in [0.29, 0.717) is 11.1 Å². The maximum Gasteiger partial charge on any atom is 0.339 e. The lowest BCUT2D eigenvalue weighted by atomic mass is 10.2. The fourth-order valence-electron chi connectivity index (χ4n) is 2.28. The van der Waals surface area contributed by atoms with E-state index in [4.69, 9.17) is 9.15 Å². The van der Waals surface area contributed by atoms with Gasteiger partial charge in [0.1, 0.15) is 11.3 Å². The molecule has 0 radical (unpaired) electrons. The van der Waals surface area contributed by atoms with Crippen LogP contribution < -0.4 is 5.32 Å². The molecule has 0 bridgehead atoms. The largest absolute Gasteiger partial charge is 0.449 e. The number of nitrogens with one attached hydrogen (secondary N) is 1. The molecule has 0 aliphatic carbocycles. The third-order valence-corrected chi connectivity index (χ3v) is 3.61. The number of carbonyl (C=O) groups is 2. The molecular weight excluding hydrogens is 327 g/mol. The first-order valence-corrected chi connectivity index (χ1v) is 7.68. The Bertz CT molecular complexity index is 922. The molecule has 25 heavy (non-hydrogen) atoms. The van der Waals surface area contributed by atoms with Crippen LogP contribution >= 0.6 is 0 Å². The van der Waals surface area contributed by atoms with Crippen LogP contribution in [0.4, 0.5) is 10.1 Å². The highest BCUT2D eigenvalue weighted by molar-refractivity contribution is 5.98. The molecule has 0 aliphatic rings. The highest BCUT2D eigenvalue weighted by Crippen LogP contribution is 2.17. The lowest BCUT2D eigenvalue weighted by molar-refractivity contribution is -0.124. The van der Waals surface area contributed by atoms with E-state index in [1.54, 1.807) is 19.1 Å². The summed E-state index contributed by atoms with van der Waals surface area (Å²) in [5.74, 6) is -1.83. The summed E-state index contributed by atoms with van der Waals surface area (Å²) < 4.78 is 24.0. The zero-order chi connectivity index (χ0) is 17.8. The van der Waals surface area contributed by atoms with Crippen LogP contribution in [0.5, 0.6) is 0 Å². The van der Waals surface area contributed by atoms with Crippen LogP contribution in [0.25, 0.3) is 11.1 Å². The minimum absolute atomic E-state index is 0.0325. The molecule has 128 valence electrons. The Morgan fingerprint density at radius 1 is 1.28 bits per heavy atom. The predicted molar refractivity (Wildman–Crippen MR) is 88.5 cm³/mol. The minimum Gasteiger partial charge on any atom is -0.449 e. The number of esters is 1. The molecule has 0 fully saturated rings. The Hall–Kier alpha value is -3.22. The normalized spacial score (nSPS) is 11.9. The molecule has 1 N–H and O–H groups in total. The van der Waals surface area contributed by atoms with Gasteiger partial charge in [0.25, 0.3) is 5.91 Å². The number of benzene rings is 2. The summed E-state index contributed by atoms with van der Waals surface area (Å²) in [6.07, 6.45) is 0.477. The number of amides is 1. The maximum atomic E-state index is 13.6. The summed E-state index contributed by atoms with van der Waals surface area (Å²) in [6, 6.07) is 10.4. The van der Waals surface area contributed by atoms with Gasteiger partial charge in [0, 0.05) is 0 Å². The fourth-order valence-corrected chi connectivity index (χ4v) is 2.28. The molecule has 7 heteroatoms. The first-order valence-electron chi connectivity index (χ1n) is 7.68. The first kappa shape index (κ1) is 16.6. The summed E-state index contributed by atoms with van der Waals surface area (Å²) in [4.78, 5) is 28.5. The van der Waals surface area contributed by atoms with Crippen molar-refractivity contribution < 1.29 is 23.1 Å². The summed E-state index contributed by atoms with van der Waals surface area (Å²) in [5, 5.41) is 2.42. The molecule has 2 aromatic carbocycles. The van der Waals surface area contributed by atoms with Crippen LogP contribution in [0.1, 0.15) is 23.7 Å². The molecular formula is C18H15FN2O4. The maximum absolute atomic E-state index is 13.6. The number of oxazole rings is 1. The van der Waals surface area contributed by atoms with Crippen molar-refractivity contribution in [2.75, 3.05) is 5.32 Å². The first-order chi connectivity index (χ1) is 12.1. The number of ether oxygens (including phenoxy) is 1. The van der Waals surface area contributed by atoms with Gasteiger partial charge in [-0.1, -0.05) is 19.1 Å². The summed E-state index contributed by atoms with van der Waals surface area (Å²) in [7, 11) is 0. The number of anilines is 1. The van der Waals surface area contributed by atoms with Crippen LogP contribution in [0.3, 0.4) is 0 Å². The topological polar surface area (TPSA) is 81.4 Å². The number of hydrogen-bond donors (Lipinski definition) is 1. The molecule has 1 aromatic heterocycles. The van der Waals surface area contributed by atoms with Crippen molar-refractivity contribution in [1.82, 2.24) is 4.98 Å². The van der Waals surface area contributed by atoms with Gasteiger partial charge in [0.2, 0.25) is 0 Å². The Morgan fingerprint density at radius 2 is 2.08 bits per heavy atom. The smallest absolute Gasteiger partial charge is 0.339 e. The van der Waals surface area contributed by atoms with E-state index in [0.717, 1.165) is 0 Å². The summed E-state index contributed by atoms with van der Waals surface area (Å²) in [6.45, 7) is 1.69. The predicted octanol–water partition coefficient (Wildman–Crippen LogP) is 3.54. The zero-order valence-corrected chi connectivity index (χ0v) is 13.4. The van der Waals surface area contributed by atoms with E-state index in [9.17, 15) is 14.0 Å². The number of rotatable bonds is 5. The van der Waals surface area contributed by atoms with Crippen LogP contribution in [-0.4, -0.2) is 23.0 Å². The second-order valence-corrected chi connectivity index (χ2v) is 5.31. The van der Waals surface area contributed by atoms with Gasteiger partial charge in [0.15, 0.2) is 18.1 Å². The quantitative estimate of drug-likeness (QED) is 0.717. The molecule has 3 aromatic rings. The minimum atomic E-state index is -1.04. The van der Waals surface area contributed by atoms with Crippen molar-refractivity contribution in [1.29, 1.82) is 0 Å². The van der Waals surface area contributed by atoms with E-state index in [1.165, 1.54) is 36.7 Å². The van der Waals surface area contributed by atoms with Gasteiger partial charge in [-0.25, -0.2) is 14.2 Å². The van der Waals surface area contributed by atoms with Crippen molar-refractivity contribution in [2.45, 2.75) is 19.4 Å². The Labute approximate surface area is 142 Å². The molecule has 6 nitrogen and oxygen atoms in total. The second kappa shape index (κ2) is 7.12. The van der Waals surface area contributed by atoms with Crippen LogP contribution in [-0.2, 0) is 9.53 Å². The summed E-state index contributed by atoms with van der Waals surface area (Å²) >= 11 is 0. The van der Waals surface area contributed by atoms with Gasteiger partial charge in [-0.2, -0.15) is 0 Å². The number of aromatic nitrogens is 1. The Morgan fingerprint density at radius 3 is 2.84 bits per heavy atom. The van der Waals surface area contributed by atoms with Crippen molar-refractivity contribution in [3.8, 4) is 0 Å². The number of halogens is 1. The SMILES string of the molecule is CCC(OC(=O)c1ccc2ncoc2c1)C(=O)Nc1ccccc1F. The van der Waals surface area contributed by atoms with E-state index in [2.05, 4.69) is 10.3 Å². The Kier molecular flexibility index (Phi) is 4.74. The van der Waals surface area contributed by atoms with E-state index in [-0.39, 0.29) is 17.7 Å². The second-order valence-electron chi connectivity index (χ2n) is 5.31. The monoisotopic (exact) mass is 342 g/mol. The van der Waals surface area contributed by atoms with Gasteiger partial charge in [-0.3, -0.25) is 4.79 Å². The van der Waals surface area contributed by atoms with E-state index >= 15 is 0 Å².